The Morgan fingerprint density at radius 1 is 1.06 bits per heavy atom. The predicted octanol–water partition coefficient (Wildman–Crippen LogP) is 2.67. The first-order chi connectivity index (χ1) is 14.8. The zero-order valence-corrected chi connectivity index (χ0v) is 20.8. The van der Waals surface area contributed by atoms with Gasteiger partial charge in [-0.05, 0) is 49.0 Å². The van der Waals surface area contributed by atoms with Crippen molar-refractivity contribution in [3.05, 3.63) is 73.3 Å². The Kier molecular flexibility index (Phi) is 9.86. The van der Waals surface area contributed by atoms with E-state index in [0.29, 0.717) is 6.54 Å². The number of esters is 1. The molecular formula is C24H35NO4Si2. The maximum atomic E-state index is 11.1. The van der Waals surface area contributed by atoms with Crippen LogP contribution >= 0.6 is 0 Å². The molecule has 1 unspecified atom stereocenters. The Morgan fingerprint density at radius 2 is 1.61 bits per heavy atom. The first-order valence-electron chi connectivity index (χ1n) is 10.8. The van der Waals surface area contributed by atoms with Crippen molar-refractivity contribution in [3.63, 3.8) is 0 Å². The summed E-state index contributed by atoms with van der Waals surface area (Å²) in [6, 6.07) is 22.2. The van der Waals surface area contributed by atoms with E-state index in [-0.39, 0.29) is 6.61 Å². The van der Waals surface area contributed by atoms with Gasteiger partial charge in [-0.2, -0.15) is 0 Å². The molecule has 0 fully saturated rings. The molecule has 2 aromatic carbocycles. The average molecular weight is 458 g/mol. The fourth-order valence-electron chi connectivity index (χ4n) is 3.59. The van der Waals surface area contributed by atoms with Gasteiger partial charge in [0.05, 0.1) is 0 Å². The molecule has 5 nitrogen and oxygen atoms in total. The second-order valence-corrected chi connectivity index (χ2v) is 16.9. The average Bonchev–Trinajstić information content (AvgIpc) is 2.76. The van der Waals surface area contributed by atoms with Crippen LogP contribution in [0.2, 0.25) is 25.7 Å². The summed E-state index contributed by atoms with van der Waals surface area (Å²) < 4.78 is 11.9. The van der Waals surface area contributed by atoms with E-state index in [2.05, 4.69) is 80.1 Å². The Bertz CT molecular complexity index is 770. The molecule has 0 saturated carbocycles. The minimum absolute atomic E-state index is 0.0384. The van der Waals surface area contributed by atoms with E-state index in [1.807, 2.05) is 12.1 Å². The number of ether oxygens (including phenoxy) is 1. The molecule has 0 aliphatic heterocycles. The van der Waals surface area contributed by atoms with Crippen LogP contribution in [-0.4, -0.2) is 53.5 Å². The molecule has 2 aromatic rings. The molecule has 31 heavy (non-hydrogen) atoms. The van der Waals surface area contributed by atoms with Crippen LogP contribution < -0.4 is 15.7 Å². The van der Waals surface area contributed by atoms with Gasteiger partial charge in [0.2, 0.25) is 8.32 Å². The monoisotopic (exact) mass is 457 g/mol. The maximum Gasteiger partial charge on any atom is 0.330 e. The number of aliphatic hydroxyl groups excluding tert-OH is 1. The molecule has 168 valence electrons. The van der Waals surface area contributed by atoms with Gasteiger partial charge in [0.1, 0.15) is 12.7 Å². The first-order valence-corrected chi connectivity index (χ1v) is 16.3. The van der Waals surface area contributed by atoms with Crippen molar-refractivity contribution in [2.24, 2.45) is 0 Å². The smallest absolute Gasteiger partial charge is 0.330 e. The van der Waals surface area contributed by atoms with Gasteiger partial charge in [0, 0.05) is 12.6 Å². The van der Waals surface area contributed by atoms with E-state index in [9.17, 15) is 9.90 Å². The van der Waals surface area contributed by atoms with Crippen LogP contribution in [0.3, 0.4) is 0 Å². The molecule has 0 heterocycles. The SMILES string of the molecule is C=CC(=O)OCC(O)CNCCC[Si](O[Si](C)(C)C)(c1ccccc1)c1ccccc1. The molecular weight excluding hydrogens is 422 g/mol. The summed E-state index contributed by atoms with van der Waals surface area (Å²) in [4.78, 5) is 11.1. The number of nitrogens with one attached hydrogen (secondary N) is 1. The lowest BCUT2D eigenvalue weighted by atomic mass is 10.3. The van der Waals surface area contributed by atoms with Crippen molar-refractivity contribution >= 4 is 33.0 Å². The first kappa shape index (κ1) is 25.2. The Labute approximate surface area is 188 Å². The van der Waals surface area contributed by atoms with Crippen molar-refractivity contribution in [2.45, 2.75) is 38.2 Å². The maximum absolute atomic E-state index is 11.1. The second-order valence-electron chi connectivity index (χ2n) is 8.57. The van der Waals surface area contributed by atoms with Gasteiger partial charge in [0.15, 0.2) is 8.32 Å². The zero-order chi connectivity index (χ0) is 22.7. The van der Waals surface area contributed by atoms with Crippen molar-refractivity contribution in [2.75, 3.05) is 19.7 Å². The normalized spacial score (nSPS) is 12.9. The van der Waals surface area contributed by atoms with E-state index >= 15 is 0 Å². The summed E-state index contributed by atoms with van der Waals surface area (Å²) in [5.74, 6) is -0.524. The number of carbonyl (C=O) groups excluding carboxylic acids is 1. The van der Waals surface area contributed by atoms with Crippen LogP contribution in [0.15, 0.2) is 73.3 Å². The Hall–Kier alpha value is -2.04. The summed E-state index contributed by atoms with van der Waals surface area (Å²) >= 11 is 0. The van der Waals surface area contributed by atoms with Crippen molar-refractivity contribution in [1.29, 1.82) is 0 Å². The van der Waals surface area contributed by atoms with Crippen LogP contribution in [0.4, 0.5) is 0 Å². The number of hydrogen-bond acceptors (Lipinski definition) is 5. The third-order valence-corrected chi connectivity index (χ3v) is 12.2. The van der Waals surface area contributed by atoms with E-state index in [1.54, 1.807) is 0 Å². The molecule has 0 bridgehead atoms. The van der Waals surface area contributed by atoms with Gasteiger partial charge in [0.25, 0.3) is 0 Å². The van der Waals surface area contributed by atoms with Crippen molar-refractivity contribution in [1.82, 2.24) is 5.32 Å². The third kappa shape index (κ3) is 8.19. The minimum Gasteiger partial charge on any atom is -0.460 e. The van der Waals surface area contributed by atoms with Gasteiger partial charge in [-0.3, -0.25) is 0 Å². The van der Waals surface area contributed by atoms with E-state index in [4.69, 9.17) is 8.85 Å². The highest BCUT2D eigenvalue weighted by atomic mass is 28.4. The third-order valence-electron chi connectivity index (χ3n) is 4.81. The molecule has 2 rings (SSSR count). The molecule has 0 saturated heterocycles. The van der Waals surface area contributed by atoms with E-state index in [0.717, 1.165) is 25.1 Å². The van der Waals surface area contributed by atoms with Crippen molar-refractivity contribution in [3.8, 4) is 0 Å². The molecule has 0 amide bonds. The van der Waals surface area contributed by atoms with E-state index < -0.39 is 28.7 Å². The highest BCUT2D eigenvalue weighted by molar-refractivity contribution is 7.02. The van der Waals surface area contributed by atoms with Crippen LogP contribution in [0.25, 0.3) is 0 Å². The van der Waals surface area contributed by atoms with Crippen LogP contribution in [-0.2, 0) is 13.6 Å². The van der Waals surface area contributed by atoms with Gasteiger partial charge in [-0.25, -0.2) is 4.79 Å². The van der Waals surface area contributed by atoms with Crippen LogP contribution in [0.1, 0.15) is 6.42 Å². The van der Waals surface area contributed by atoms with Gasteiger partial charge < -0.3 is 19.3 Å². The molecule has 0 aromatic heterocycles. The molecule has 0 aliphatic carbocycles. The molecule has 0 spiro atoms. The van der Waals surface area contributed by atoms with Gasteiger partial charge in [-0.15, -0.1) is 0 Å². The summed E-state index contributed by atoms with van der Waals surface area (Å²) in [6.07, 6.45) is 1.27. The topological polar surface area (TPSA) is 67.8 Å². The van der Waals surface area contributed by atoms with E-state index in [1.165, 1.54) is 10.4 Å². The molecule has 0 aliphatic rings. The van der Waals surface area contributed by atoms with Crippen LogP contribution in [0.5, 0.6) is 0 Å². The fourth-order valence-corrected chi connectivity index (χ4v) is 12.2. The quantitative estimate of drug-likeness (QED) is 0.209. The minimum atomic E-state index is -2.42. The molecule has 7 heteroatoms. The second kappa shape index (κ2) is 12.1. The number of hydrogen-bond donors (Lipinski definition) is 2. The summed E-state index contributed by atoms with van der Waals surface area (Å²) in [5, 5.41) is 15.8. The largest absolute Gasteiger partial charge is 0.460 e. The Balaban J connectivity index is 2.09. The van der Waals surface area contributed by atoms with Gasteiger partial charge in [-0.1, -0.05) is 67.2 Å². The number of rotatable bonds is 13. The number of benzene rings is 2. The van der Waals surface area contributed by atoms with Crippen molar-refractivity contribution < 1.29 is 18.8 Å². The highest BCUT2D eigenvalue weighted by Gasteiger charge is 2.42. The summed E-state index contributed by atoms with van der Waals surface area (Å²) in [7, 11) is -4.24. The lowest BCUT2D eigenvalue weighted by Gasteiger charge is -2.38. The molecule has 1 atom stereocenters. The van der Waals surface area contributed by atoms with Gasteiger partial charge >= 0.3 is 5.97 Å². The zero-order valence-electron chi connectivity index (χ0n) is 18.8. The predicted molar refractivity (Wildman–Crippen MR) is 132 cm³/mol. The molecule has 0 radical (unpaired) electrons. The van der Waals surface area contributed by atoms with Crippen LogP contribution in [0, 0.1) is 0 Å². The number of carbonyl (C=O) groups is 1. The fraction of sp³-hybridized carbons (Fsp3) is 0.375. The lowest BCUT2D eigenvalue weighted by molar-refractivity contribution is -0.140. The highest BCUT2D eigenvalue weighted by Crippen LogP contribution is 2.21. The lowest BCUT2D eigenvalue weighted by Crippen LogP contribution is -2.64. The Morgan fingerprint density at radius 3 is 2.10 bits per heavy atom. The molecule has 2 N–H and O–H groups in total. The standard InChI is InChI=1S/C24H35NO4Si2/c1-5-24(27)28-20-21(26)19-25-17-12-18-31(29-30(2,3)4,22-13-8-6-9-14-22)23-15-10-7-11-16-23/h5-11,13-16,21,25-26H,1,12,17-20H2,2-4H3. The summed E-state index contributed by atoms with van der Waals surface area (Å²) in [6.45, 7) is 11.2. The number of aliphatic hydroxyl groups is 1. The summed E-state index contributed by atoms with van der Waals surface area (Å²) in [5.41, 5.74) is 0.